The number of aromatic nitrogens is 1. The van der Waals surface area contributed by atoms with Gasteiger partial charge >= 0.3 is 0 Å². The largest absolute Gasteiger partial charge is 0.363 e. The maximum atomic E-state index is 15.3. The number of rotatable bonds is 6. The second-order valence-corrected chi connectivity index (χ2v) is 9.42. The Kier molecular flexibility index (Phi) is 7.86. The number of halogens is 3. The Morgan fingerprint density at radius 1 is 0.976 bits per heavy atom. The van der Waals surface area contributed by atoms with E-state index < -0.39 is 53.6 Å². The van der Waals surface area contributed by atoms with Crippen LogP contribution in [0.25, 0.3) is 0 Å². The number of hydrogen-bond acceptors (Lipinski definition) is 7. The van der Waals surface area contributed by atoms with Crippen LogP contribution in [0, 0.1) is 17.6 Å². The lowest BCUT2D eigenvalue weighted by molar-refractivity contribution is -0.129. The molecule has 1 fully saturated rings. The summed E-state index contributed by atoms with van der Waals surface area (Å²) in [7, 11) is 0. The molecule has 1 unspecified atom stereocenters. The van der Waals surface area contributed by atoms with Crippen LogP contribution in [0.1, 0.15) is 18.1 Å². The van der Waals surface area contributed by atoms with Crippen molar-refractivity contribution in [1.82, 2.24) is 15.2 Å². The van der Waals surface area contributed by atoms with Gasteiger partial charge in [-0.25, -0.2) is 9.38 Å². The van der Waals surface area contributed by atoms with Crippen molar-refractivity contribution in [3.8, 4) is 0 Å². The smallest absolute Gasteiger partial charge is 0.269 e. The molecule has 2 aromatic carbocycles. The number of benzene rings is 2. The molecule has 0 spiro atoms. The molecule has 212 valence electrons. The molecule has 2 aliphatic heterocycles. The molecule has 3 aromatic rings. The van der Waals surface area contributed by atoms with Crippen LogP contribution in [0.3, 0.4) is 0 Å². The molecule has 3 N–H and O–H groups in total. The lowest BCUT2D eigenvalue weighted by Crippen LogP contribution is -2.48. The third kappa shape index (κ3) is 5.83. The van der Waals surface area contributed by atoms with E-state index in [9.17, 15) is 23.2 Å². The van der Waals surface area contributed by atoms with Crippen molar-refractivity contribution in [1.29, 1.82) is 0 Å². The summed E-state index contributed by atoms with van der Waals surface area (Å²) in [4.78, 5) is 47.9. The lowest BCUT2D eigenvalue weighted by atomic mass is 10.0. The monoisotopic (exact) mass is 565 g/mol. The van der Waals surface area contributed by atoms with Gasteiger partial charge in [0.25, 0.3) is 11.9 Å². The number of benzodiazepines with no additional fused rings is 1. The SMILES string of the molecule is CC(=O)N1CCN(c2c(F)c(F)nc(NCC(=O)NC3N=C(c4ccccc4)c4ccccc4NC3=O)c2F)CC1. The molecular formula is C28H26F3N7O3. The first-order valence-corrected chi connectivity index (χ1v) is 12.8. The summed E-state index contributed by atoms with van der Waals surface area (Å²) < 4.78 is 44.2. The van der Waals surface area contributed by atoms with Crippen LogP contribution in [-0.2, 0) is 14.4 Å². The van der Waals surface area contributed by atoms with E-state index in [1.807, 2.05) is 30.3 Å². The highest BCUT2D eigenvalue weighted by atomic mass is 19.2. The summed E-state index contributed by atoms with van der Waals surface area (Å²) in [5, 5.41) is 7.62. The van der Waals surface area contributed by atoms with Crippen molar-refractivity contribution in [2.24, 2.45) is 4.99 Å². The first-order chi connectivity index (χ1) is 19.7. The van der Waals surface area contributed by atoms with E-state index in [1.54, 1.807) is 24.3 Å². The van der Waals surface area contributed by atoms with Crippen molar-refractivity contribution in [2.75, 3.05) is 48.3 Å². The minimum atomic E-state index is -1.55. The zero-order valence-electron chi connectivity index (χ0n) is 22.0. The summed E-state index contributed by atoms with van der Waals surface area (Å²) in [6.45, 7) is 1.36. The lowest BCUT2D eigenvalue weighted by Gasteiger charge is -2.36. The fourth-order valence-electron chi connectivity index (χ4n) is 4.69. The molecule has 0 bridgehead atoms. The Bertz CT molecular complexity index is 1530. The second-order valence-electron chi connectivity index (χ2n) is 9.42. The number of amides is 3. The summed E-state index contributed by atoms with van der Waals surface area (Å²) >= 11 is 0. The molecule has 5 rings (SSSR count). The Morgan fingerprint density at radius 3 is 2.37 bits per heavy atom. The molecule has 1 atom stereocenters. The average Bonchev–Trinajstić information content (AvgIpc) is 3.11. The molecule has 3 amide bonds. The number of aliphatic imine (C=N–C) groups is 1. The Labute approximate surface area is 233 Å². The van der Waals surface area contributed by atoms with Gasteiger partial charge in [0.05, 0.1) is 17.9 Å². The number of carbonyl (C=O) groups is 3. The van der Waals surface area contributed by atoms with Gasteiger partial charge in [0.1, 0.15) is 5.69 Å². The maximum Gasteiger partial charge on any atom is 0.269 e. The molecule has 0 aliphatic carbocycles. The van der Waals surface area contributed by atoms with Crippen LogP contribution in [0.4, 0.5) is 30.4 Å². The fourth-order valence-corrected chi connectivity index (χ4v) is 4.69. The second kappa shape index (κ2) is 11.7. The molecule has 41 heavy (non-hydrogen) atoms. The normalized spacial score (nSPS) is 16.7. The highest BCUT2D eigenvalue weighted by Gasteiger charge is 2.30. The van der Waals surface area contributed by atoms with E-state index >= 15 is 4.39 Å². The van der Waals surface area contributed by atoms with Crippen molar-refractivity contribution in [3.05, 3.63) is 83.3 Å². The zero-order valence-corrected chi connectivity index (χ0v) is 22.0. The maximum absolute atomic E-state index is 15.3. The number of nitrogens with zero attached hydrogens (tertiary/aromatic N) is 4. The highest BCUT2D eigenvalue weighted by Crippen LogP contribution is 2.30. The fraction of sp³-hybridized carbons (Fsp3) is 0.250. The van der Waals surface area contributed by atoms with E-state index in [-0.39, 0.29) is 32.1 Å². The summed E-state index contributed by atoms with van der Waals surface area (Å²) in [5.41, 5.74) is 1.73. The summed E-state index contributed by atoms with van der Waals surface area (Å²) in [6, 6.07) is 16.2. The number of nitrogens with one attached hydrogen (secondary N) is 3. The minimum absolute atomic E-state index is 0.0811. The Morgan fingerprint density at radius 2 is 1.66 bits per heavy atom. The highest BCUT2D eigenvalue weighted by molar-refractivity contribution is 6.19. The molecule has 13 heteroatoms. The van der Waals surface area contributed by atoms with Crippen molar-refractivity contribution < 1.29 is 27.6 Å². The number of anilines is 3. The van der Waals surface area contributed by atoms with Gasteiger partial charge in [-0.05, 0) is 6.07 Å². The van der Waals surface area contributed by atoms with Gasteiger partial charge in [-0.15, -0.1) is 0 Å². The number of hydrogen-bond donors (Lipinski definition) is 3. The van der Waals surface area contributed by atoms with Gasteiger partial charge < -0.3 is 25.8 Å². The van der Waals surface area contributed by atoms with Gasteiger partial charge in [0.15, 0.2) is 11.6 Å². The molecule has 2 aliphatic rings. The molecule has 0 radical (unpaired) electrons. The molecule has 0 saturated carbocycles. The molecule has 10 nitrogen and oxygen atoms in total. The molecule has 1 saturated heterocycles. The van der Waals surface area contributed by atoms with Crippen LogP contribution >= 0.6 is 0 Å². The van der Waals surface area contributed by atoms with Crippen molar-refractivity contribution in [3.63, 3.8) is 0 Å². The first kappa shape index (κ1) is 27.6. The van der Waals surface area contributed by atoms with Crippen molar-refractivity contribution >= 4 is 40.6 Å². The third-order valence-electron chi connectivity index (χ3n) is 6.76. The average molecular weight is 566 g/mol. The van der Waals surface area contributed by atoms with Crippen molar-refractivity contribution in [2.45, 2.75) is 13.1 Å². The van der Waals surface area contributed by atoms with Gasteiger partial charge in [0, 0.05) is 44.2 Å². The van der Waals surface area contributed by atoms with Gasteiger partial charge in [-0.2, -0.15) is 13.8 Å². The Hall–Kier alpha value is -4.94. The predicted molar refractivity (Wildman–Crippen MR) is 146 cm³/mol. The quantitative estimate of drug-likeness (QED) is 0.396. The number of para-hydroxylation sites is 1. The van der Waals surface area contributed by atoms with E-state index in [0.717, 1.165) is 5.56 Å². The number of fused-ring (bicyclic) bond motifs is 1. The van der Waals surface area contributed by atoms with Crippen LogP contribution in [0.5, 0.6) is 0 Å². The van der Waals surface area contributed by atoms with Gasteiger partial charge in [0.2, 0.25) is 23.8 Å². The standard InChI is InChI=1S/C28H26F3N7O3/c1-16(39)37-11-13-38(14-12-37)24-21(29)25(31)36-26(22(24)30)32-15-20(40)34-27-28(41)33-19-10-6-5-9-18(19)23(35-27)17-7-3-2-4-8-17/h2-10,27H,11-15H2,1H3,(H,32,36)(H,33,41)(H,34,40). The third-order valence-corrected chi connectivity index (χ3v) is 6.76. The predicted octanol–water partition coefficient (Wildman–Crippen LogP) is 2.51. The Balaban J connectivity index is 1.32. The van der Waals surface area contributed by atoms with E-state index in [0.29, 0.717) is 17.0 Å². The van der Waals surface area contributed by atoms with Crippen LogP contribution in [0.15, 0.2) is 59.6 Å². The summed E-state index contributed by atoms with van der Waals surface area (Å²) in [6.07, 6.45) is -1.33. The van der Waals surface area contributed by atoms with Crippen LogP contribution in [-0.4, -0.2) is 72.2 Å². The van der Waals surface area contributed by atoms with E-state index in [2.05, 4.69) is 25.9 Å². The molecule has 1 aromatic heterocycles. The summed E-state index contributed by atoms with van der Waals surface area (Å²) in [5.74, 6) is -6.40. The van der Waals surface area contributed by atoms with Crippen LogP contribution in [0.2, 0.25) is 0 Å². The zero-order chi connectivity index (χ0) is 29.1. The molecule has 3 heterocycles. The first-order valence-electron chi connectivity index (χ1n) is 12.8. The topological polar surface area (TPSA) is 119 Å². The van der Waals surface area contributed by atoms with Gasteiger partial charge in [-0.1, -0.05) is 48.5 Å². The van der Waals surface area contributed by atoms with Crippen LogP contribution < -0.4 is 20.9 Å². The van der Waals surface area contributed by atoms with E-state index in [4.69, 9.17) is 0 Å². The minimum Gasteiger partial charge on any atom is -0.363 e. The molecular weight excluding hydrogens is 539 g/mol. The number of carbonyl (C=O) groups excluding carboxylic acids is 3. The number of piperazine rings is 1. The van der Waals surface area contributed by atoms with Gasteiger partial charge in [-0.3, -0.25) is 14.4 Å². The number of pyridine rings is 1. The van der Waals surface area contributed by atoms with E-state index in [1.165, 1.54) is 16.7 Å².